The smallest absolute Gasteiger partial charge is 0.322 e. The van der Waals surface area contributed by atoms with Crippen LogP contribution in [0.2, 0.25) is 0 Å². The second-order valence-electron chi connectivity index (χ2n) is 7.84. The fourth-order valence-electron chi connectivity index (χ4n) is 3.57. The number of amides is 3. The number of aromatic nitrogens is 2. The van der Waals surface area contributed by atoms with Crippen molar-refractivity contribution in [2.75, 3.05) is 24.2 Å². The van der Waals surface area contributed by atoms with Crippen LogP contribution in [0.3, 0.4) is 0 Å². The number of nitrogens with one attached hydrogen (secondary N) is 2. The number of β-lactam (4-membered cyclic amide) rings is 1. The Morgan fingerprint density at radius 2 is 2.32 bits per heavy atom. The van der Waals surface area contributed by atoms with Crippen LogP contribution in [0.5, 0.6) is 0 Å². The molecule has 196 valence electrons. The predicted molar refractivity (Wildman–Crippen MR) is 144 cm³/mol. The first-order valence-corrected chi connectivity index (χ1v) is 13.7. The summed E-state index contributed by atoms with van der Waals surface area (Å²) in [5, 5.41) is 21.8. The molecule has 12 nitrogen and oxygen atoms in total. The summed E-state index contributed by atoms with van der Waals surface area (Å²) in [6.07, 6.45) is 10.7. The van der Waals surface area contributed by atoms with E-state index in [0.717, 1.165) is 28.7 Å². The number of nitrogens with zero attached hydrogens (tertiary/aromatic N) is 4. The highest BCUT2D eigenvalue weighted by molar-refractivity contribution is 8.06. The Morgan fingerprint density at radius 3 is 3.03 bits per heavy atom. The van der Waals surface area contributed by atoms with Crippen LogP contribution in [0.15, 0.2) is 40.5 Å². The molecule has 0 aromatic carbocycles. The Hall–Kier alpha value is -3.87. The third kappa shape index (κ3) is 5.82. The first-order chi connectivity index (χ1) is 18.4. The topological polar surface area (TPSA) is 163 Å². The molecule has 0 bridgehead atoms. The molecule has 4 rings (SSSR count). The lowest BCUT2D eigenvalue weighted by Crippen LogP contribution is -2.74. The van der Waals surface area contributed by atoms with E-state index < -0.39 is 33.9 Å². The van der Waals surface area contributed by atoms with Crippen LogP contribution in [0.25, 0.3) is 6.08 Å². The number of aliphatic carboxylic acids is 1. The Kier molecular flexibility index (Phi) is 8.66. The number of carboxylic acids is 1. The van der Waals surface area contributed by atoms with Crippen LogP contribution in [-0.2, 0) is 24.0 Å². The van der Waals surface area contributed by atoms with Crippen molar-refractivity contribution in [3.63, 3.8) is 0 Å². The van der Waals surface area contributed by atoms with E-state index in [0.29, 0.717) is 6.41 Å². The second kappa shape index (κ2) is 12.1. The standard InChI is InChI=1S/C23H20N6O6S3/c1-2-7-35-28-16(15-10-36-22(26-15)25-13-30)18(31)27-17-19(32)29-11-23(21(33)34,12-37-20(17)29)38-8-5-14-4-3-6-24-9-14/h1,3-6,8-10,13,17,20H,7,11-12H2,(H,27,31)(H,33,34)(H,25,26,30)/t17?,20-,23?/m1/s1. The number of rotatable bonds is 11. The zero-order valence-electron chi connectivity index (χ0n) is 19.5. The number of pyridine rings is 1. The van der Waals surface area contributed by atoms with Gasteiger partial charge in [-0.3, -0.25) is 24.2 Å². The number of carboxylic acid groups (broad SMARTS) is 1. The molecule has 2 aliphatic heterocycles. The molecule has 0 radical (unpaired) electrons. The summed E-state index contributed by atoms with van der Waals surface area (Å²) >= 11 is 3.46. The maximum atomic E-state index is 13.0. The number of thioether (sulfide) groups is 2. The predicted octanol–water partition coefficient (Wildman–Crippen LogP) is 1.09. The van der Waals surface area contributed by atoms with Gasteiger partial charge in [-0.25, -0.2) is 4.98 Å². The van der Waals surface area contributed by atoms with Crippen LogP contribution < -0.4 is 10.6 Å². The molecule has 3 amide bonds. The van der Waals surface area contributed by atoms with Gasteiger partial charge in [-0.15, -0.1) is 41.3 Å². The number of oxime groups is 1. The first kappa shape index (κ1) is 27.2. The van der Waals surface area contributed by atoms with Gasteiger partial charge in [0.2, 0.25) is 12.3 Å². The quantitative estimate of drug-likeness (QED) is 0.0887. The van der Waals surface area contributed by atoms with Crippen LogP contribution in [0.1, 0.15) is 11.3 Å². The number of fused-ring (bicyclic) bond motifs is 1. The summed E-state index contributed by atoms with van der Waals surface area (Å²) in [6, 6.07) is 2.73. The van der Waals surface area contributed by atoms with Gasteiger partial charge in [0.15, 0.2) is 17.5 Å². The van der Waals surface area contributed by atoms with Gasteiger partial charge in [-0.05, 0) is 23.1 Å². The number of anilines is 1. The second-order valence-corrected chi connectivity index (χ2v) is 11.1. The molecule has 4 heterocycles. The van der Waals surface area contributed by atoms with Crippen molar-refractivity contribution in [1.82, 2.24) is 20.2 Å². The minimum atomic E-state index is -1.25. The Morgan fingerprint density at radius 1 is 1.47 bits per heavy atom. The molecule has 2 aromatic heterocycles. The maximum absolute atomic E-state index is 13.0. The summed E-state index contributed by atoms with van der Waals surface area (Å²) in [5.74, 6) is 0.263. The lowest BCUT2D eigenvalue weighted by Gasteiger charge is -2.53. The molecule has 3 N–H and O–H groups in total. The van der Waals surface area contributed by atoms with Gasteiger partial charge in [0.25, 0.3) is 5.91 Å². The third-order valence-corrected chi connectivity index (χ3v) is 9.07. The van der Waals surface area contributed by atoms with Crippen molar-refractivity contribution in [3.8, 4) is 12.3 Å². The number of hydrogen-bond donors (Lipinski definition) is 3. The minimum absolute atomic E-state index is 0.0215. The zero-order chi connectivity index (χ0) is 27.1. The number of thiazole rings is 1. The summed E-state index contributed by atoms with van der Waals surface area (Å²) in [5.41, 5.74) is 0.719. The normalized spacial score (nSPS) is 22.7. The van der Waals surface area contributed by atoms with E-state index in [1.54, 1.807) is 29.9 Å². The van der Waals surface area contributed by atoms with Gasteiger partial charge < -0.3 is 25.5 Å². The molecule has 2 saturated heterocycles. The molecule has 3 atom stereocenters. The zero-order valence-corrected chi connectivity index (χ0v) is 21.9. The lowest BCUT2D eigenvalue weighted by molar-refractivity contribution is -0.151. The van der Waals surface area contributed by atoms with Crippen molar-refractivity contribution in [2.24, 2.45) is 5.16 Å². The number of hydrogen-bond acceptors (Lipinski definition) is 11. The van der Waals surface area contributed by atoms with Crippen LogP contribution >= 0.6 is 34.9 Å². The fraction of sp³-hybridized carbons (Fsp3) is 0.261. The van der Waals surface area contributed by atoms with E-state index in [1.807, 2.05) is 6.07 Å². The Bertz CT molecular complexity index is 1330. The molecular formula is C23H20N6O6S3. The van der Waals surface area contributed by atoms with Gasteiger partial charge >= 0.3 is 5.97 Å². The number of carbonyl (C=O) groups is 4. The number of carbonyl (C=O) groups excluding carboxylic acids is 3. The molecule has 0 aliphatic carbocycles. The molecule has 2 unspecified atom stereocenters. The van der Waals surface area contributed by atoms with Crippen LogP contribution in [0, 0.1) is 12.3 Å². The van der Waals surface area contributed by atoms with Crippen LogP contribution in [-0.4, -0.2) is 84.9 Å². The minimum Gasteiger partial charge on any atom is -0.480 e. The van der Waals surface area contributed by atoms with Crippen molar-refractivity contribution in [2.45, 2.75) is 16.2 Å². The summed E-state index contributed by atoms with van der Waals surface area (Å²) in [4.78, 5) is 63.4. The SMILES string of the molecule is C#CCON=C(C(=O)NC1C(=O)N2CC(SC=Cc3cccnc3)(C(=O)O)CS[C@H]12)c1csc(NC=O)n1. The van der Waals surface area contributed by atoms with Crippen molar-refractivity contribution >= 4 is 76.0 Å². The van der Waals surface area contributed by atoms with E-state index in [4.69, 9.17) is 11.3 Å². The molecule has 38 heavy (non-hydrogen) atoms. The van der Waals surface area contributed by atoms with E-state index in [-0.39, 0.29) is 35.4 Å². The largest absolute Gasteiger partial charge is 0.480 e. The average molecular weight is 573 g/mol. The maximum Gasteiger partial charge on any atom is 0.322 e. The summed E-state index contributed by atoms with van der Waals surface area (Å²) in [6.45, 7) is -0.217. The number of terminal acetylenes is 1. The van der Waals surface area contributed by atoms with Crippen molar-refractivity contribution in [1.29, 1.82) is 0 Å². The highest BCUT2D eigenvalue weighted by Crippen LogP contribution is 2.44. The fourth-order valence-corrected chi connectivity index (χ4v) is 6.89. The molecule has 2 aromatic rings. The molecule has 2 aliphatic rings. The first-order valence-electron chi connectivity index (χ1n) is 10.9. The van der Waals surface area contributed by atoms with Gasteiger partial charge in [0.05, 0.1) is 0 Å². The van der Waals surface area contributed by atoms with Crippen molar-refractivity contribution < 1.29 is 29.1 Å². The van der Waals surface area contributed by atoms with Crippen molar-refractivity contribution in [3.05, 3.63) is 46.6 Å². The van der Waals surface area contributed by atoms with Gasteiger partial charge in [-0.2, -0.15) is 0 Å². The van der Waals surface area contributed by atoms with Gasteiger partial charge in [0, 0.05) is 30.1 Å². The monoisotopic (exact) mass is 572 g/mol. The van der Waals surface area contributed by atoms with E-state index in [2.05, 4.69) is 31.7 Å². The molecule has 2 fully saturated rings. The van der Waals surface area contributed by atoms with E-state index in [9.17, 15) is 24.3 Å². The Labute approximate surface area is 229 Å². The highest BCUT2D eigenvalue weighted by atomic mass is 32.2. The summed E-state index contributed by atoms with van der Waals surface area (Å²) < 4.78 is -1.25. The molecule has 0 spiro atoms. The molecular weight excluding hydrogens is 552 g/mol. The van der Waals surface area contributed by atoms with Crippen LogP contribution in [0.4, 0.5) is 5.13 Å². The third-order valence-electron chi connectivity index (χ3n) is 5.42. The Balaban J connectivity index is 1.43. The highest BCUT2D eigenvalue weighted by Gasteiger charge is 2.57. The van der Waals surface area contributed by atoms with Gasteiger partial charge in [0.1, 0.15) is 21.9 Å². The average Bonchev–Trinajstić information content (AvgIpc) is 3.38. The lowest BCUT2D eigenvalue weighted by atomic mass is 10.0. The van der Waals surface area contributed by atoms with Gasteiger partial charge in [-0.1, -0.05) is 17.1 Å². The van der Waals surface area contributed by atoms with E-state index >= 15 is 0 Å². The van der Waals surface area contributed by atoms with E-state index in [1.165, 1.54) is 22.0 Å². The summed E-state index contributed by atoms with van der Waals surface area (Å²) in [7, 11) is 0. The molecule has 15 heteroatoms. The molecule has 0 saturated carbocycles.